The quantitative estimate of drug-likeness (QED) is 0.312. The molecule has 5 nitrogen and oxygen atoms in total. The molecule has 0 radical (unpaired) electrons. The molecule has 0 heterocycles. The Balaban J connectivity index is 1.33. The second-order valence-electron chi connectivity index (χ2n) is 7.63. The average Bonchev–Trinajstić information content (AvgIpc) is 2.88. The summed E-state index contributed by atoms with van der Waals surface area (Å²) in [5, 5.41) is 14.1. The number of amides is 1. The molecule has 4 aromatic carbocycles. The lowest BCUT2D eigenvalue weighted by molar-refractivity contribution is -0.118. The zero-order valence-electron chi connectivity index (χ0n) is 18.4. The van der Waals surface area contributed by atoms with Gasteiger partial charge in [-0.25, -0.2) is 0 Å². The van der Waals surface area contributed by atoms with Crippen LogP contribution in [0.2, 0.25) is 5.02 Å². The Labute approximate surface area is 203 Å². The van der Waals surface area contributed by atoms with Crippen molar-refractivity contribution in [2.24, 2.45) is 0 Å². The van der Waals surface area contributed by atoms with Gasteiger partial charge in [-0.3, -0.25) is 4.79 Å². The van der Waals surface area contributed by atoms with Gasteiger partial charge in [0.15, 0.2) is 6.61 Å². The normalized spacial score (nSPS) is 11.5. The van der Waals surface area contributed by atoms with E-state index in [9.17, 15) is 9.90 Å². The fourth-order valence-electron chi connectivity index (χ4n) is 3.40. The van der Waals surface area contributed by atoms with Gasteiger partial charge in [0, 0.05) is 16.3 Å². The molecule has 172 valence electrons. The number of hydrogen-bond donors (Lipinski definition) is 2. The van der Waals surface area contributed by atoms with Crippen LogP contribution in [-0.2, 0) is 11.4 Å². The van der Waals surface area contributed by atoms with Crippen LogP contribution < -0.4 is 14.8 Å². The Morgan fingerprint density at radius 3 is 2.12 bits per heavy atom. The number of carbonyl (C=O) groups excluding carboxylic acids is 1. The first-order valence-electron chi connectivity index (χ1n) is 10.8. The van der Waals surface area contributed by atoms with Gasteiger partial charge in [-0.15, -0.1) is 0 Å². The molecule has 0 aliphatic rings. The van der Waals surface area contributed by atoms with Gasteiger partial charge in [-0.2, -0.15) is 0 Å². The molecule has 4 rings (SSSR count). The first kappa shape index (κ1) is 23.4. The standard InChI is InChI=1S/C28H24ClNO4/c29-22-11-16-26(25(17-22)28(32)21-9-5-2-6-10-21)30-27(31)19-34-24-14-12-23(13-15-24)33-18-20-7-3-1-4-8-20/h1-17,28,32H,18-19H2,(H,30,31)/t28-/m1/s1. The zero-order valence-corrected chi connectivity index (χ0v) is 19.1. The molecule has 0 unspecified atom stereocenters. The van der Waals surface area contributed by atoms with E-state index in [0.717, 1.165) is 5.56 Å². The molecule has 0 bridgehead atoms. The molecule has 0 spiro atoms. The van der Waals surface area contributed by atoms with Crippen LogP contribution >= 0.6 is 11.6 Å². The molecule has 34 heavy (non-hydrogen) atoms. The third kappa shape index (κ3) is 6.38. The summed E-state index contributed by atoms with van der Waals surface area (Å²) in [6, 6.07) is 31.1. The van der Waals surface area contributed by atoms with Gasteiger partial charge in [0.1, 0.15) is 24.2 Å². The molecule has 0 saturated carbocycles. The van der Waals surface area contributed by atoms with Crippen LogP contribution in [0.1, 0.15) is 22.8 Å². The number of carbonyl (C=O) groups is 1. The third-order valence-electron chi connectivity index (χ3n) is 5.14. The molecule has 0 aliphatic carbocycles. The highest BCUT2D eigenvalue weighted by atomic mass is 35.5. The largest absolute Gasteiger partial charge is 0.489 e. The van der Waals surface area contributed by atoms with Crippen LogP contribution in [-0.4, -0.2) is 17.6 Å². The minimum Gasteiger partial charge on any atom is -0.489 e. The van der Waals surface area contributed by atoms with Crippen molar-refractivity contribution >= 4 is 23.2 Å². The average molecular weight is 474 g/mol. The topological polar surface area (TPSA) is 67.8 Å². The smallest absolute Gasteiger partial charge is 0.262 e. The highest BCUT2D eigenvalue weighted by Crippen LogP contribution is 2.31. The minimum atomic E-state index is -0.931. The lowest BCUT2D eigenvalue weighted by atomic mass is 10.00. The van der Waals surface area contributed by atoms with E-state index in [1.807, 2.05) is 60.7 Å². The van der Waals surface area contributed by atoms with Gasteiger partial charge in [-0.1, -0.05) is 72.3 Å². The maximum Gasteiger partial charge on any atom is 0.262 e. The summed E-state index contributed by atoms with van der Waals surface area (Å²) in [5.41, 5.74) is 2.76. The number of rotatable bonds is 9. The van der Waals surface area contributed by atoms with Crippen LogP contribution in [0.25, 0.3) is 0 Å². The van der Waals surface area contributed by atoms with Crippen LogP contribution in [0.15, 0.2) is 103 Å². The van der Waals surface area contributed by atoms with E-state index in [1.54, 1.807) is 42.5 Å². The summed E-state index contributed by atoms with van der Waals surface area (Å²) < 4.78 is 11.4. The SMILES string of the molecule is O=C(COc1ccc(OCc2ccccc2)cc1)Nc1ccc(Cl)cc1[C@H](O)c1ccccc1. The van der Waals surface area contributed by atoms with Crippen molar-refractivity contribution in [2.45, 2.75) is 12.7 Å². The van der Waals surface area contributed by atoms with E-state index in [1.165, 1.54) is 0 Å². The number of aliphatic hydroxyl groups is 1. The Kier molecular flexibility index (Phi) is 7.81. The van der Waals surface area contributed by atoms with Gasteiger partial charge >= 0.3 is 0 Å². The van der Waals surface area contributed by atoms with E-state index in [0.29, 0.717) is 39.9 Å². The van der Waals surface area contributed by atoms with E-state index in [2.05, 4.69) is 5.32 Å². The lowest BCUT2D eigenvalue weighted by Gasteiger charge is -2.17. The molecule has 2 N–H and O–H groups in total. The molecule has 0 aromatic heterocycles. The Morgan fingerprint density at radius 1 is 0.824 bits per heavy atom. The molecule has 1 amide bonds. The number of halogens is 1. The summed E-state index contributed by atoms with van der Waals surface area (Å²) in [5.74, 6) is 0.900. The van der Waals surface area contributed by atoms with E-state index >= 15 is 0 Å². The number of aliphatic hydroxyl groups excluding tert-OH is 1. The van der Waals surface area contributed by atoms with Crippen molar-refractivity contribution < 1.29 is 19.4 Å². The van der Waals surface area contributed by atoms with Gasteiger partial charge in [0.05, 0.1) is 0 Å². The fraction of sp³-hybridized carbons (Fsp3) is 0.107. The van der Waals surface area contributed by atoms with Crippen LogP contribution in [0, 0.1) is 0 Å². The van der Waals surface area contributed by atoms with E-state index in [-0.39, 0.29) is 12.5 Å². The van der Waals surface area contributed by atoms with E-state index < -0.39 is 6.10 Å². The second kappa shape index (κ2) is 11.4. The molecular weight excluding hydrogens is 450 g/mol. The van der Waals surface area contributed by atoms with Crippen LogP contribution in [0.5, 0.6) is 11.5 Å². The number of anilines is 1. The molecule has 1 atom stereocenters. The summed E-state index contributed by atoms with van der Waals surface area (Å²) in [6.07, 6.45) is -0.931. The van der Waals surface area contributed by atoms with Gasteiger partial charge in [0.25, 0.3) is 5.91 Å². The summed E-state index contributed by atoms with van der Waals surface area (Å²) >= 11 is 6.14. The van der Waals surface area contributed by atoms with Crippen molar-refractivity contribution in [3.05, 3.63) is 125 Å². The number of ether oxygens (including phenoxy) is 2. The zero-order chi connectivity index (χ0) is 23.8. The second-order valence-corrected chi connectivity index (χ2v) is 8.06. The maximum atomic E-state index is 12.5. The summed E-state index contributed by atoms with van der Waals surface area (Å²) in [6.45, 7) is 0.287. The number of nitrogens with one attached hydrogen (secondary N) is 1. The summed E-state index contributed by atoms with van der Waals surface area (Å²) in [7, 11) is 0. The molecule has 4 aromatic rings. The molecular formula is C28H24ClNO4. The highest BCUT2D eigenvalue weighted by Gasteiger charge is 2.17. The predicted octanol–water partition coefficient (Wildman–Crippen LogP) is 6.02. The third-order valence-corrected chi connectivity index (χ3v) is 5.37. The van der Waals surface area contributed by atoms with E-state index in [4.69, 9.17) is 21.1 Å². The van der Waals surface area contributed by atoms with Crippen LogP contribution in [0.4, 0.5) is 5.69 Å². The monoisotopic (exact) mass is 473 g/mol. The molecule has 0 aliphatic heterocycles. The minimum absolute atomic E-state index is 0.187. The summed E-state index contributed by atoms with van der Waals surface area (Å²) in [4.78, 5) is 12.5. The van der Waals surface area contributed by atoms with Crippen molar-refractivity contribution in [3.8, 4) is 11.5 Å². The fourth-order valence-corrected chi connectivity index (χ4v) is 3.58. The maximum absolute atomic E-state index is 12.5. The Hall–Kier alpha value is -3.80. The van der Waals surface area contributed by atoms with Gasteiger partial charge < -0.3 is 19.9 Å². The molecule has 0 saturated heterocycles. The highest BCUT2D eigenvalue weighted by molar-refractivity contribution is 6.30. The van der Waals surface area contributed by atoms with Gasteiger partial charge in [-0.05, 0) is 53.6 Å². The first-order chi connectivity index (χ1) is 16.6. The Bertz CT molecular complexity index is 1210. The van der Waals surface area contributed by atoms with Crippen molar-refractivity contribution in [2.75, 3.05) is 11.9 Å². The number of hydrogen-bond acceptors (Lipinski definition) is 4. The van der Waals surface area contributed by atoms with Crippen molar-refractivity contribution in [3.63, 3.8) is 0 Å². The predicted molar refractivity (Wildman–Crippen MR) is 133 cm³/mol. The first-order valence-corrected chi connectivity index (χ1v) is 11.2. The van der Waals surface area contributed by atoms with Crippen molar-refractivity contribution in [1.29, 1.82) is 0 Å². The van der Waals surface area contributed by atoms with Crippen LogP contribution in [0.3, 0.4) is 0 Å². The van der Waals surface area contributed by atoms with Gasteiger partial charge in [0.2, 0.25) is 0 Å². The number of benzene rings is 4. The molecule has 6 heteroatoms. The Morgan fingerprint density at radius 2 is 1.44 bits per heavy atom. The molecule has 0 fully saturated rings. The van der Waals surface area contributed by atoms with Crippen molar-refractivity contribution in [1.82, 2.24) is 0 Å². The lowest BCUT2D eigenvalue weighted by Crippen LogP contribution is -2.21.